The largest absolute Gasteiger partial charge is 0.357 e. The third-order valence-corrected chi connectivity index (χ3v) is 7.82. The molecule has 0 amide bonds. The van der Waals surface area contributed by atoms with Crippen LogP contribution >= 0.6 is 35.3 Å². The van der Waals surface area contributed by atoms with Crippen LogP contribution in [0.15, 0.2) is 22.5 Å². The van der Waals surface area contributed by atoms with Crippen LogP contribution in [0.3, 0.4) is 0 Å². The van der Waals surface area contributed by atoms with Crippen molar-refractivity contribution in [3.63, 3.8) is 0 Å². The summed E-state index contributed by atoms with van der Waals surface area (Å²) < 4.78 is 12.1. The van der Waals surface area contributed by atoms with Gasteiger partial charge in [-0.25, -0.2) is 0 Å². The zero-order chi connectivity index (χ0) is 19.9. The second-order valence-electron chi connectivity index (χ2n) is 8.15. The van der Waals surface area contributed by atoms with Crippen LogP contribution in [0.2, 0.25) is 0 Å². The lowest BCUT2D eigenvalue weighted by Gasteiger charge is -2.38. The Labute approximate surface area is 194 Å². The maximum absolute atomic E-state index is 12.2. The topological polar surface area (TPSA) is 56.7 Å². The van der Waals surface area contributed by atoms with Crippen molar-refractivity contribution in [2.45, 2.75) is 51.3 Å². The Morgan fingerprint density at radius 2 is 2.14 bits per heavy atom. The number of nitrogens with one attached hydrogen (secondary N) is 2. The molecule has 8 heteroatoms. The van der Waals surface area contributed by atoms with Gasteiger partial charge in [-0.05, 0) is 71.5 Å². The van der Waals surface area contributed by atoms with Crippen molar-refractivity contribution in [1.29, 1.82) is 0 Å². The molecule has 1 aromatic heterocycles. The first-order chi connectivity index (χ1) is 12.8. The summed E-state index contributed by atoms with van der Waals surface area (Å²) in [5.74, 6) is 2.00. The van der Waals surface area contributed by atoms with Gasteiger partial charge in [0.1, 0.15) is 0 Å². The van der Waals surface area contributed by atoms with Crippen molar-refractivity contribution in [3.8, 4) is 0 Å². The van der Waals surface area contributed by atoms with Crippen LogP contribution in [0.25, 0.3) is 0 Å². The van der Waals surface area contributed by atoms with E-state index in [1.54, 1.807) is 0 Å². The molecule has 0 spiro atoms. The Kier molecular flexibility index (Phi) is 11.5. The van der Waals surface area contributed by atoms with Gasteiger partial charge in [-0.2, -0.15) is 0 Å². The number of rotatable bonds is 7. The van der Waals surface area contributed by atoms with E-state index in [-0.39, 0.29) is 28.7 Å². The van der Waals surface area contributed by atoms with E-state index in [9.17, 15) is 4.21 Å². The number of halogens is 1. The number of likely N-dealkylation sites (tertiary alicyclic amines) is 1. The van der Waals surface area contributed by atoms with E-state index < -0.39 is 10.8 Å². The molecule has 2 heterocycles. The molecule has 5 nitrogen and oxygen atoms in total. The SMILES string of the molecule is CCNC(=NCC1CCCN(C)C1c1cccs1)NCCS(=O)C(C)(C)C.I. The number of thiophene rings is 1. The van der Waals surface area contributed by atoms with E-state index in [4.69, 9.17) is 4.99 Å². The smallest absolute Gasteiger partial charge is 0.191 e. The van der Waals surface area contributed by atoms with E-state index in [0.29, 0.717) is 24.3 Å². The van der Waals surface area contributed by atoms with E-state index in [2.05, 4.69) is 47.0 Å². The Morgan fingerprint density at radius 1 is 1.39 bits per heavy atom. The number of nitrogens with zero attached hydrogens (tertiary/aromatic N) is 2. The molecule has 2 N–H and O–H groups in total. The molecule has 2 rings (SSSR count). The monoisotopic (exact) mass is 540 g/mol. The highest BCUT2D eigenvalue weighted by Gasteiger charge is 2.31. The third-order valence-electron chi connectivity index (χ3n) is 4.93. The quantitative estimate of drug-likeness (QED) is 0.314. The molecule has 3 atom stereocenters. The van der Waals surface area contributed by atoms with Gasteiger partial charge in [0, 0.05) is 51.9 Å². The Morgan fingerprint density at radius 3 is 2.75 bits per heavy atom. The van der Waals surface area contributed by atoms with Crippen LogP contribution < -0.4 is 10.6 Å². The normalized spacial score (nSPS) is 22.4. The molecular formula is C20H37IN4OS2. The lowest BCUT2D eigenvalue weighted by Crippen LogP contribution is -2.41. The fourth-order valence-electron chi connectivity index (χ4n) is 3.48. The number of aliphatic imine (C=N–C) groups is 1. The van der Waals surface area contributed by atoms with Crippen LogP contribution in [0, 0.1) is 5.92 Å². The maximum Gasteiger partial charge on any atom is 0.191 e. The van der Waals surface area contributed by atoms with Crippen molar-refractivity contribution >= 4 is 52.1 Å². The van der Waals surface area contributed by atoms with Gasteiger partial charge in [-0.15, -0.1) is 35.3 Å². The highest BCUT2D eigenvalue weighted by molar-refractivity contribution is 14.0. The number of hydrogen-bond donors (Lipinski definition) is 2. The summed E-state index contributed by atoms with van der Waals surface area (Å²) >= 11 is 1.85. The minimum atomic E-state index is -0.847. The molecule has 1 saturated heterocycles. The lowest BCUT2D eigenvalue weighted by molar-refractivity contribution is 0.128. The second-order valence-corrected chi connectivity index (χ2v) is 11.5. The van der Waals surface area contributed by atoms with Gasteiger partial charge in [-0.3, -0.25) is 14.1 Å². The Bertz CT molecular complexity index is 616. The average Bonchev–Trinajstić information content (AvgIpc) is 3.12. The fourth-order valence-corrected chi connectivity index (χ4v) is 5.36. The van der Waals surface area contributed by atoms with Crippen LogP contribution in [-0.2, 0) is 10.8 Å². The average molecular weight is 541 g/mol. The van der Waals surface area contributed by atoms with Crippen molar-refractivity contribution in [2.24, 2.45) is 10.9 Å². The Hall–Kier alpha value is -0.190. The molecule has 0 aliphatic carbocycles. The van der Waals surface area contributed by atoms with Gasteiger partial charge < -0.3 is 10.6 Å². The highest BCUT2D eigenvalue weighted by atomic mass is 127. The number of piperidine rings is 1. The van der Waals surface area contributed by atoms with Gasteiger partial charge in [-0.1, -0.05) is 6.07 Å². The van der Waals surface area contributed by atoms with Gasteiger partial charge in [0.05, 0.1) is 0 Å². The second kappa shape index (κ2) is 12.5. The highest BCUT2D eigenvalue weighted by Crippen LogP contribution is 2.37. The summed E-state index contributed by atoms with van der Waals surface area (Å²) in [6.07, 6.45) is 2.44. The van der Waals surface area contributed by atoms with Gasteiger partial charge in [0.2, 0.25) is 0 Å². The molecule has 1 aliphatic rings. The molecule has 1 fully saturated rings. The first-order valence-electron chi connectivity index (χ1n) is 9.97. The molecule has 0 radical (unpaired) electrons. The van der Waals surface area contributed by atoms with Gasteiger partial charge in [0.25, 0.3) is 0 Å². The van der Waals surface area contributed by atoms with Gasteiger partial charge >= 0.3 is 0 Å². The van der Waals surface area contributed by atoms with Crippen molar-refractivity contribution in [2.75, 3.05) is 39.0 Å². The molecule has 1 aliphatic heterocycles. The van der Waals surface area contributed by atoms with Crippen LogP contribution in [-0.4, -0.2) is 58.8 Å². The predicted octanol–water partition coefficient (Wildman–Crippen LogP) is 3.85. The summed E-state index contributed by atoms with van der Waals surface area (Å²) in [7, 11) is 1.38. The summed E-state index contributed by atoms with van der Waals surface area (Å²) in [6.45, 7) is 11.6. The standard InChI is InChI=1S/C20H36N4OS2.HI/c1-6-21-19(22-11-14-27(25)20(2,3)4)23-15-16-9-7-12-24(5)18(16)17-10-8-13-26-17;/h8,10,13,16,18H,6-7,9,11-12,14-15H2,1-5H3,(H2,21,22,23);1H. The minimum absolute atomic E-state index is 0. The Balaban J connectivity index is 0.00000392. The van der Waals surface area contributed by atoms with E-state index in [1.807, 2.05) is 32.1 Å². The molecule has 0 saturated carbocycles. The molecule has 1 aromatic rings. The zero-order valence-corrected chi connectivity index (χ0v) is 21.8. The molecule has 28 heavy (non-hydrogen) atoms. The molecule has 0 aromatic carbocycles. The summed E-state index contributed by atoms with van der Waals surface area (Å²) in [5.41, 5.74) is 0. The summed E-state index contributed by atoms with van der Waals surface area (Å²) in [6, 6.07) is 4.85. The molecule has 162 valence electrons. The van der Waals surface area contributed by atoms with E-state index >= 15 is 0 Å². The fraction of sp³-hybridized carbons (Fsp3) is 0.750. The summed E-state index contributed by atoms with van der Waals surface area (Å²) in [5, 5.41) is 8.85. The van der Waals surface area contributed by atoms with Crippen molar-refractivity contribution in [1.82, 2.24) is 15.5 Å². The zero-order valence-electron chi connectivity index (χ0n) is 17.9. The van der Waals surface area contributed by atoms with Crippen LogP contribution in [0.4, 0.5) is 0 Å². The van der Waals surface area contributed by atoms with Crippen molar-refractivity contribution < 1.29 is 4.21 Å². The van der Waals surface area contributed by atoms with E-state index in [1.165, 1.54) is 17.7 Å². The van der Waals surface area contributed by atoms with E-state index in [0.717, 1.165) is 25.6 Å². The first kappa shape index (κ1) is 25.8. The first-order valence-corrected chi connectivity index (χ1v) is 12.2. The third kappa shape index (κ3) is 7.91. The van der Waals surface area contributed by atoms with Crippen molar-refractivity contribution in [3.05, 3.63) is 22.4 Å². The van der Waals surface area contributed by atoms with Crippen LogP contribution in [0.5, 0.6) is 0 Å². The lowest BCUT2D eigenvalue weighted by atomic mass is 9.88. The predicted molar refractivity (Wildman–Crippen MR) is 135 cm³/mol. The number of guanidine groups is 1. The maximum atomic E-state index is 12.2. The van der Waals surface area contributed by atoms with Gasteiger partial charge in [0.15, 0.2) is 5.96 Å². The van der Waals surface area contributed by atoms with Crippen LogP contribution in [0.1, 0.15) is 51.5 Å². The number of hydrogen-bond acceptors (Lipinski definition) is 4. The molecular weight excluding hydrogens is 503 g/mol. The molecule has 0 bridgehead atoms. The minimum Gasteiger partial charge on any atom is -0.357 e. The molecule has 3 unspecified atom stereocenters. The summed E-state index contributed by atoms with van der Waals surface area (Å²) in [4.78, 5) is 8.78.